The number of methoxy groups -OCH3 is 1. The van der Waals surface area contributed by atoms with Crippen LogP contribution in [-0.2, 0) is 9.53 Å². The number of ether oxygens (including phenoxy) is 1. The molecule has 0 aliphatic heterocycles. The molecule has 2 aromatic rings. The van der Waals surface area contributed by atoms with Gasteiger partial charge in [0, 0.05) is 29.4 Å². The smallest absolute Gasteiger partial charge is 0.337 e. The van der Waals surface area contributed by atoms with Gasteiger partial charge in [-0.05, 0) is 24.6 Å². The van der Waals surface area contributed by atoms with Crippen molar-refractivity contribution >= 4 is 40.1 Å². The number of carbonyl (C=O) groups is 2. The highest BCUT2D eigenvalue weighted by Crippen LogP contribution is 2.25. The topological polar surface area (TPSA) is 71.2 Å². The highest BCUT2D eigenvalue weighted by Gasteiger charge is 2.13. The molecular weight excluding hydrogens is 280 g/mol. The number of H-pyrrole nitrogens is 1. The molecule has 1 aromatic carbocycles. The van der Waals surface area contributed by atoms with E-state index in [4.69, 9.17) is 16.3 Å². The number of benzene rings is 1. The lowest BCUT2D eigenvalue weighted by Gasteiger charge is -2.08. The van der Waals surface area contributed by atoms with Crippen LogP contribution in [0.1, 0.15) is 23.2 Å². The number of amides is 1. The van der Waals surface area contributed by atoms with E-state index in [1.165, 1.54) is 7.11 Å². The molecule has 0 aliphatic carbocycles. The van der Waals surface area contributed by atoms with Crippen molar-refractivity contribution in [1.29, 1.82) is 0 Å². The van der Waals surface area contributed by atoms with E-state index in [1.807, 2.05) is 6.07 Å². The lowest BCUT2D eigenvalue weighted by molar-refractivity contribution is -0.116. The standard InChI is InChI=1S/C14H15ClN2O3/c1-20-14(19)9-7-11-10(4-6-16-11)12(8-9)17-13(18)3-2-5-15/h4,6-8,16H,2-3,5H2,1H3,(H,17,18). The summed E-state index contributed by atoms with van der Waals surface area (Å²) >= 11 is 5.57. The number of hydrogen-bond acceptors (Lipinski definition) is 3. The van der Waals surface area contributed by atoms with E-state index in [1.54, 1.807) is 18.3 Å². The predicted octanol–water partition coefficient (Wildman–Crippen LogP) is 2.91. The number of fused-ring (bicyclic) bond motifs is 1. The molecule has 1 heterocycles. The number of alkyl halides is 1. The number of anilines is 1. The summed E-state index contributed by atoms with van der Waals surface area (Å²) in [7, 11) is 1.32. The molecule has 0 bridgehead atoms. The minimum atomic E-state index is -0.447. The molecule has 0 fully saturated rings. The third-order valence-corrected chi connectivity index (χ3v) is 3.17. The maximum atomic E-state index is 11.8. The van der Waals surface area contributed by atoms with E-state index in [2.05, 4.69) is 10.3 Å². The van der Waals surface area contributed by atoms with Crippen LogP contribution in [0.2, 0.25) is 0 Å². The maximum absolute atomic E-state index is 11.8. The summed E-state index contributed by atoms with van der Waals surface area (Å²) in [6.45, 7) is 0. The Balaban J connectivity index is 2.32. The zero-order valence-electron chi connectivity index (χ0n) is 11.0. The van der Waals surface area contributed by atoms with Crippen LogP contribution < -0.4 is 5.32 Å². The Morgan fingerprint density at radius 1 is 1.40 bits per heavy atom. The summed E-state index contributed by atoms with van der Waals surface area (Å²) in [6, 6.07) is 5.14. The molecule has 0 saturated carbocycles. The zero-order valence-corrected chi connectivity index (χ0v) is 11.8. The average molecular weight is 295 g/mol. The van der Waals surface area contributed by atoms with Gasteiger partial charge in [0.25, 0.3) is 0 Å². The van der Waals surface area contributed by atoms with Gasteiger partial charge in [-0.2, -0.15) is 0 Å². The van der Waals surface area contributed by atoms with Crippen molar-refractivity contribution in [3.8, 4) is 0 Å². The first-order chi connectivity index (χ1) is 9.65. The summed E-state index contributed by atoms with van der Waals surface area (Å²) in [5, 5.41) is 3.64. The fourth-order valence-corrected chi connectivity index (χ4v) is 2.08. The second-order valence-corrected chi connectivity index (χ2v) is 4.67. The Bertz CT molecular complexity index is 636. The zero-order chi connectivity index (χ0) is 14.5. The number of esters is 1. The van der Waals surface area contributed by atoms with Crippen molar-refractivity contribution in [1.82, 2.24) is 4.98 Å². The quantitative estimate of drug-likeness (QED) is 0.658. The van der Waals surface area contributed by atoms with Gasteiger partial charge >= 0.3 is 5.97 Å². The van der Waals surface area contributed by atoms with Crippen LogP contribution in [0.3, 0.4) is 0 Å². The molecule has 0 atom stereocenters. The van der Waals surface area contributed by atoms with Gasteiger partial charge in [0.05, 0.1) is 18.4 Å². The molecule has 6 heteroatoms. The van der Waals surface area contributed by atoms with E-state index in [9.17, 15) is 9.59 Å². The Morgan fingerprint density at radius 2 is 2.20 bits per heavy atom. The fraction of sp³-hybridized carbons (Fsp3) is 0.286. The summed E-state index contributed by atoms with van der Waals surface area (Å²) in [5.74, 6) is -0.136. The van der Waals surface area contributed by atoms with Gasteiger partial charge in [-0.15, -0.1) is 11.6 Å². The van der Waals surface area contributed by atoms with Crippen molar-refractivity contribution in [3.63, 3.8) is 0 Å². The van der Waals surface area contributed by atoms with Gasteiger partial charge in [-0.25, -0.2) is 4.79 Å². The van der Waals surface area contributed by atoms with Gasteiger partial charge in [0.2, 0.25) is 5.91 Å². The van der Waals surface area contributed by atoms with E-state index >= 15 is 0 Å². The van der Waals surface area contributed by atoms with Crippen molar-refractivity contribution in [3.05, 3.63) is 30.0 Å². The Morgan fingerprint density at radius 3 is 2.90 bits per heavy atom. The van der Waals surface area contributed by atoms with Gasteiger partial charge in [-0.1, -0.05) is 0 Å². The van der Waals surface area contributed by atoms with Crippen LogP contribution >= 0.6 is 11.6 Å². The number of hydrogen-bond donors (Lipinski definition) is 2. The molecule has 0 unspecified atom stereocenters. The molecule has 20 heavy (non-hydrogen) atoms. The van der Waals surface area contributed by atoms with Crippen LogP contribution in [0.25, 0.3) is 10.9 Å². The number of aromatic amines is 1. The van der Waals surface area contributed by atoms with Crippen molar-refractivity contribution in [2.24, 2.45) is 0 Å². The highest BCUT2D eigenvalue weighted by molar-refractivity contribution is 6.18. The van der Waals surface area contributed by atoms with Crippen LogP contribution in [0, 0.1) is 0 Å². The first-order valence-corrected chi connectivity index (χ1v) is 6.74. The first kappa shape index (κ1) is 14.4. The third kappa shape index (κ3) is 3.11. The van der Waals surface area contributed by atoms with Gasteiger partial charge in [0.1, 0.15) is 0 Å². The van der Waals surface area contributed by atoms with Gasteiger partial charge in [0.15, 0.2) is 0 Å². The summed E-state index contributed by atoms with van der Waals surface area (Å²) < 4.78 is 4.70. The van der Waals surface area contributed by atoms with Crippen molar-refractivity contribution in [2.75, 3.05) is 18.3 Å². The molecule has 0 saturated heterocycles. The Labute approximate surface area is 121 Å². The minimum Gasteiger partial charge on any atom is -0.465 e. The number of nitrogens with one attached hydrogen (secondary N) is 2. The fourth-order valence-electron chi connectivity index (χ4n) is 1.95. The molecule has 106 valence electrons. The summed E-state index contributed by atoms with van der Waals surface area (Å²) in [5.41, 5.74) is 1.74. The molecule has 1 amide bonds. The summed E-state index contributed by atoms with van der Waals surface area (Å²) in [4.78, 5) is 26.4. The lowest BCUT2D eigenvalue weighted by Crippen LogP contribution is -2.12. The Hall–Kier alpha value is -2.01. The second kappa shape index (κ2) is 6.43. The number of carbonyl (C=O) groups excluding carboxylic acids is 2. The normalized spacial score (nSPS) is 10.5. The van der Waals surface area contributed by atoms with Crippen LogP contribution in [-0.4, -0.2) is 29.9 Å². The average Bonchev–Trinajstić information content (AvgIpc) is 2.92. The predicted molar refractivity (Wildman–Crippen MR) is 78.2 cm³/mol. The molecule has 1 aromatic heterocycles. The van der Waals surface area contributed by atoms with E-state index in [-0.39, 0.29) is 5.91 Å². The lowest BCUT2D eigenvalue weighted by atomic mass is 10.1. The third-order valence-electron chi connectivity index (χ3n) is 2.90. The largest absolute Gasteiger partial charge is 0.465 e. The van der Waals surface area contributed by atoms with Crippen LogP contribution in [0.5, 0.6) is 0 Å². The molecule has 0 aliphatic rings. The number of halogens is 1. The molecule has 0 spiro atoms. The van der Waals surface area contributed by atoms with Crippen molar-refractivity contribution < 1.29 is 14.3 Å². The summed E-state index contributed by atoms with van der Waals surface area (Å²) in [6.07, 6.45) is 2.71. The molecule has 0 radical (unpaired) electrons. The van der Waals surface area contributed by atoms with Crippen LogP contribution in [0.4, 0.5) is 5.69 Å². The van der Waals surface area contributed by atoms with E-state index in [0.717, 1.165) is 10.9 Å². The molecule has 5 nitrogen and oxygen atoms in total. The number of aromatic nitrogens is 1. The SMILES string of the molecule is COC(=O)c1cc(NC(=O)CCCCl)c2cc[nH]c2c1. The van der Waals surface area contributed by atoms with Gasteiger partial charge < -0.3 is 15.0 Å². The van der Waals surface area contributed by atoms with E-state index in [0.29, 0.717) is 30.0 Å². The van der Waals surface area contributed by atoms with Crippen molar-refractivity contribution in [2.45, 2.75) is 12.8 Å². The van der Waals surface area contributed by atoms with Crippen LogP contribution in [0.15, 0.2) is 24.4 Å². The first-order valence-electron chi connectivity index (χ1n) is 6.21. The molecule has 2 rings (SSSR count). The maximum Gasteiger partial charge on any atom is 0.337 e. The highest BCUT2D eigenvalue weighted by atomic mass is 35.5. The Kier molecular flexibility index (Phi) is 4.63. The molecule has 2 N–H and O–H groups in total. The minimum absolute atomic E-state index is 0.129. The number of rotatable bonds is 5. The second-order valence-electron chi connectivity index (χ2n) is 4.30. The monoisotopic (exact) mass is 294 g/mol. The van der Waals surface area contributed by atoms with E-state index < -0.39 is 5.97 Å². The molecular formula is C14H15ClN2O3. The van der Waals surface area contributed by atoms with Gasteiger partial charge in [-0.3, -0.25) is 4.79 Å².